The van der Waals surface area contributed by atoms with Crippen molar-refractivity contribution in [2.75, 3.05) is 38.2 Å². The molecule has 126 valence electrons. The number of aromatic nitrogens is 2. The first-order valence-corrected chi connectivity index (χ1v) is 7.83. The summed E-state index contributed by atoms with van der Waals surface area (Å²) < 4.78 is 4.69. The van der Waals surface area contributed by atoms with Crippen LogP contribution in [0, 0.1) is 5.41 Å². The largest absolute Gasteiger partial charge is 0.469 e. The van der Waals surface area contributed by atoms with Gasteiger partial charge in [-0.2, -0.15) is 5.10 Å². The first kappa shape index (κ1) is 17.2. The zero-order chi connectivity index (χ0) is 16.9. The van der Waals surface area contributed by atoms with E-state index in [2.05, 4.69) is 15.1 Å². The van der Waals surface area contributed by atoms with Crippen LogP contribution in [-0.4, -0.2) is 60.3 Å². The third-order valence-electron chi connectivity index (χ3n) is 4.06. The number of anilines is 1. The molecule has 1 fully saturated rings. The molecule has 2 heterocycles. The van der Waals surface area contributed by atoms with Crippen molar-refractivity contribution in [1.29, 1.82) is 0 Å². The number of methoxy groups -OCH3 is 1. The van der Waals surface area contributed by atoms with Crippen molar-refractivity contribution in [3.05, 3.63) is 18.3 Å². The van der Waals surface area contributed by atoms with Crippen LogP contribution in [0.25, 0.3) is 0 Å². The molecule has 0 aliphatic carbocycles. The van der Waals surface area contributed by atoms with Crippen LogP contribution in [0.4, 0.5) is 5.82 Å². The van der Waals surface area contributed by atoms with Crippen molar-refractivity contribution in [1.82, 2.24) is 15.1 Å². The number of rotatable bonds is 4. The Hall–Kier alpha value is -2.18. The number of hydrogen-bond donors (Lipinski definition) is 0. The monoisotopic (exact) mass is 320 g/mol. The second kappa shape index (κ2) is 7.39. The molecule has 1 aliphatic heterocycles. The van der Waals surface area contributed by atoms with Crippen molar-refractivity contribution < 1.29 is 14.3 Å². The topological polar surface area (TPSA) is 75.6 Å². The highest BCUT2D eigenvalue weighted by Gasteiger charge is 2.35. The first-order valence-electron chi connectivity index (χ1n) is 7.83. The fraction of sp³-hybridized carbons (Fsp3) is 0.625. The smallest absolute Gasteiger partial charge is 0.306 e. The Morgan fingerprint density at radius 1 is 1.26 bits per heavy atom. The van der Waals surface area contributed by atoms with Crippen LogP contribution < -0.4 is 4.90 Å². The second-order valence-electron chi connectivity index (χ2n) is 6.35. The van der Waals surface area contributed by atoms with E-state index in [1.807, 2.05) is 17.0 Å². The van der Waals surface area contributed by atoms with Gasteiger partial charge in [0.25, 0.3) is 0 Å². The van der Waals surface area contributed by atoms with Gasteiger partial charge in [0.1, 0.15) is 0 Å². The minimum Gasteiger partial charge on any atom is -0.469 e. The summed E-state index contributed by atoms with van der Waals surface area (Å²) in [6.45, 7) is 6.41. The van der Waals surface area contributed by atoms with Crippen molar-refractivity contribution in [2.45, 2.75) is 26.7 Å². The summed E-state index contributed by atoms with van der Waals surface area (Å²) in [5.41, 5.74) is -0.755. The maximum atomic E-state index is 12.7. The number of carbonyl (C=O) groups excluding carboxylic acids is 2. The van der Waals surface area contributed by atoms with Gasteiger partial charge in [0.05, 0.1) is 18.9 Å². The van der Waals surface area contributed by atoms with Gasteiger partial charge in [0, 0.05) is 32.4 Å². The number of carbonyl (C=O) groups is 2. The van der Waals surface area contributed by atoms with Crippen LogP contribution in [0.5, 0.6) is 0 Å². The van der Waals surface area contributed by atoms with Gasteiger partial charge < -0.3 is 14.5 Å². The molecule has 0 spiro atoms. The van der Waals surface area contributed by atoms with E-state index in [4.69, 9.17) is 4.74 Å². The summed E-state index contributed by atoms with van der Waals surface area (Å²) >= 11 is 0. The van der Waals surface area contributed by atoms with E-state index in [-0.39, 0.29) is 18.3 Å². The van der Waals surface area contributed by atoms with Crippen LogP contribution in [0.2, 0.25) is 0 Å². The van der Waals surface area contributed by atoms with Gasteiger partial charge in [-0.15, -0.1) is 5.10 Å². The number of nitrogens with zero attached hydrogens (tertiary/aromatic N) is 4. The van der Waals surface area contributed by atoms with Gasteiger partial charge in [-0.3, -0.25) is 9.59 Å². The fourth-order valence-corrected chi connectivity index (χ4v) is 2.75. The van der Waals surface area contributed by atoms with Gasteiger partial charge in [0.2, 0.25) is 5.91 Å². The van der Waals surface area contributed by atoms with Gasteiger partial charge in [-0.1, -0.05) is 13.8 Å². The molecular formula is C16H24N4O3. The molecule has 7 nitrogen and oxygen atoms in total. The van der Waals surface area contributed by atoms with E-state index >= 15 is 0 Å². The number of ether oxygens (including phenoxy) is 1. The van der Waals surface area contributed by atoms with Crippen LogP contribution in [0.3, 0.4) is 0 Å². The van der Waals surface area contributed by atoms with E-state index in [1.165, 1.54) is 7.11 Å². The van der Waals surface area contributed by atoms with Crippen LogP contribution in [0.1, 0.15) is 26.7 Å². The van der Waals surface area contributed by atoms with Gasteiger partial charge in [-0.05, 0) is 18.6 Å². The molecule has 0 N–H and O–H groups in total. The zero-order valence-electron chi connectivity index (χ0n) is 14.0. The van der Waals surface area contributed by atoms with Gasteiger partial charge in [0.15, 0.2) is 5.82 Å². The molecule has 1 aromatic heterocycles. The summed E-state index contributed by atoms with van der Waals surface area (Å²) in [6, 6.07) is 3.78. The van der Waals surface area contributed by atoms with Crippen molar-refractivity contribution in [2.24, 2.45) is 5.41 Å². The van der Waals surface area contributed by atoms with Crippen LogP contribution >= 0.6 is 0 Å². The standard InChI is InChI=1S/C16H24N4O3/c1-16(2,12-14(21)23-3)15(22)20-9-5-8-19(10-11-20)13-6-4-7-17-18-13/h4,6-7H,5,8-12H2,1-3H3. The Bertz CT molecular complexity index is 548. The summed E-state index contributed by atoms with van der Waals surface area (Å²) in [6.07, 6.45) is 2.59. The average molecular weight is 320 g/mol. The second-order valence-corrected chi connectivity index (χ2v) is 6.35. The van der Waals surface area contributed by atoms with Crippen LogP contribution in [-0.2, 0) is 14.3 Å². The predicted molar refractivity (Wildman–Crippen MR) is 85.9 cm³/mol. The van der Waals surface area contributed by atoms with E-state index < -0.39 is 5.41 Å². The molecule has 0 saturated carbocycles. The minimum atomic E-state index is -0.755. The Balaban J connectivity index is 1.99. The van der Waals surface area contributed by atoms with Crippen molar-refractivity contribution in [3.63, 3.8) is 0 Å². The van der Waals surface area contributed by atoms with E-state index in [0.29, 0.717) is 19.6 Å². The maximum absolute atomic E-state index is 12.7. The maximum Gasteiger partial charge on any atom is 0.306 e. The van der Waals surface area contributed by atoms with Gasteiger partial charge in [-0.25, -0.2) is 0 Å². The zero-order valence-corrected chi connectivity index (χ0v) is 14.0. The molecule has 0 radical (unpaired) electrons. The summed E-state index contributed by atoms with van der Waals surface area (Å²) in [5.74, 6) is 0.457. The Morgan fingerprint density at radius 3 is 2.70 bits per heavy atom. The quantitative estimate of drug-likeness (QED) is 0.774. The fourth-order valence-electron chi connectivity index (χ4n) is 2.75. The Labute approximate surface area is 136 Å². The molecular weight excluding hydrogens is 296 g/mol. The average Bonchev–Trinajstić information content (AvgIpc) is 2.80. The molecule has 1 amide bonds. The molecule has 1 aromatic rings. The molecule has 0 unspecified atom stereocenters. The Morgan fingerprint density at radius 2 is 2.04 bits per heavy atom. The number of amides is 1. The lowest BCUT2D eigenvalue weighted by molar-refractivity contribution is -0.150. The number of esters is 1. The third kappa shape index (κ3) is 4.40. The summed E-state index contributed by atoms with van der Waals surface area (Å²) in [4.78, 5) is 28.2. The molecule has 1 aliphatic rings. The SMILES string of the molecule is COC(=O)CC(C)(C)C(=O)N1CCCN(c2cccnn2)CC1. The van der Waals surface area contributed by atoms with E-state index in [0.717, 1.165) is 18.8 Å². The Kier molecular flexibility index (Phi) is 5.52. The molecule has 0 aromatic carbocycles. The molecule has 1 saturated heterocycles. The normalized spacial score (nSPS) is 16.0. The highest BCUT2D eigenvalue weighted by atomic mass is 16.5. The summed E-state index contributed by atoms with van der Waals surface area (Å²) in [7, 11) is 1.34. The third-order valence-corrected chi connectivity index (χ3v) is 4.06. The molecule has 23 heavy (non-hydrogen) atoms. The molecule has 0 bridgehead atoms. The minimum absolute atomic E-state index is 0.0103. The van der Waals surface area contributed by atoms with Crippen LogP contribution in [0.15, 0.2) is 18.3 Å². The van der Waals surface area contributed by atoms with Crippen molar-refractivity contribution >= 4 is 17.7 Å². The lowest BCUT2D eigenvalue weighted by atomic mass is 9.87. The van der Waals surface area contributed by atoms with Crippen molar-refractivity contribution in [3.8, 4) is 0 Å². The highest BCUT2D eigenvalue weighted by molar-refractivity contribution is 5.86. The number of hydrogen-bond acceptors (Lipinski definition) is 6. The molecule has 2 rings (SSSR count). The van der Waals surface area contributed by atoms with Gasteiger partial charge >= 0.3 is 5.97 Å². The predicted octanol–water partition coefficient (Wildman–Crippen LogP) is 1.10. The highest BCUT2D eigenvalue weighted by Crippen LogP contribution is 2.25. The van der Waals surface area contributed by atoms with E-state index in [1.54, 1.807) is 20.0 Å². The first-order chi connectivity index (χ1) is 10.9. The molecule has 7 heteroatoms. The van der Waals surface area contributed by atoms with E-state index in [9.17, 15) is 9.59 Å². The summed E-state index contributed by atoms with van der Waals surface area (Å²) in [5, 5.41) is 8.03. The molecule has 0 atom stereocenters. The lowest BCUT2D eigenvalue weighted by Gasteiger charge is -2.30. The lowest BCUT2D eigenvalue weighted by Crippen LogP contribution is -2.44.